The van der Waals surface area contributed by atoms with E-state index in [0.29, 0.717) is 15.8 Å². The number of fused-ring (bicyclic) bond motifs is 1. The van der Waals surface area contributed by atoms with Crippen LogP contribution in [0.5, 0.6) is 0 Å². The smallest absolute Gasteiger partial charge is 0.263 e. The fourth-order valence-electron chi connectivity index (χ4n) is 1.99. The maximum absolute atomic E-state index is 9.25. The van der Waals surface area contributed by atoms with Crippen LogP contribution in [-0.2, 0) is 0 Å². The van der Waals surface area contributed by atoms with Crippen molar-refractivity contribution in [2.45, 2.75) is 24.1 Å². The van der Waals surface area contributed by atoms with Gasteiger partial charge < -0.3 is 4.42 Å². The summed E-state index contributed by atoms with van der Waals surface area (Å²) in [5.74, 6) is 0. The third kappa shape index (κ3) is 2.26. The Morgan fingerprint density at radius 2 is 2.00 bits per heavy atom. The van der Waals surface area contributed by atoms with E-state index in [9.17, 15) is 5.26 Å². The highest BCUT2D eigenvalue weighted by Gasteiger charge is 2.14. The van der Waals surface area contributed by atoms with Crippen LogP contribution < -0.4 is 0 Å². The van der Waals surface area contributed by atoms with Gasteiger partial charge in [0, 0.05) is 5.69 Å². The van der Waals surface area contributed by atoms with Crippen molar-refractivity contribution >= 4 is 22.9 Å². The minimum atomic E-state index is 0.500. The summed E-state index contributed by atoms with van der Waals surface area (Å²) in [6, 6.07) is 11.7. The summed E-state index contributed by atoms with van der Waals surface area (Å²) in [5.41, 5.74) is 3.90. The zero-order valence-electron chi connectivity index (χ0n) is 11.0. The lowest BCUT2D eigenvalue weighted by atomic mass is 10.1. The van der Waals surface area contributed by atoms with Crippen LogP contribution in [0.15, 0.2) is 45.0 Å². The van der Waals surface area contributed by atoms with E-state index in [2.05, 4.69) is 16.0 Å². The minimum absolute atomic E-state index is 0.500. The molecule has 2 aromatic heterocycles. The van der Waals surface area contributed by atoms with Crippen LogP contribution in [0.1, 0.15) is 16.8 Å². The molecule has 4 nitrogen and oxygen atoms in total. The number of hydrogen-bond donors (Lipinski definition) is 0. The molecule has 0 spiro atoms. The first-order valence-electron chi connectivity index (χ1n) is 6.09. The van der Waals surface area contributed by atoms with E-state index < -0.39 is 0 Å². The molecule has 0 radical (unpaired) electrons. The number of rotatable bonds is 2. The molecule has 0 amide bonds. The highest BCUT2D eigenvalue weighted by molar-refractivity contribution is 7.99. The normalized spacial score (nSPS) is 10.7. The number of aromatic nitrogens is 2. The summed E-state index contributed by atoms with van der Waals surface area (Å²) in [5, 5.41) is 10.4. The van der Waals surface area contributed by atoms with Gasteiger partial charge in [0.1, 0.15) is 16.6 Å². The standard InChI is InChI=1S/C15H11N3OS/c1-9-7-10(2)17-14(11(9)8-16)20-15-18-12-5-3-4-6-13(12)19-15/h3-7H,1-2H3. The molecule has 0 bridgehead atoms. The zero-order chi connectivity index (χ0) is 14.1. The van der Waals surface area contributed by atoms with Gasteiger partial charge >= 0.3 is 0 Å². The first-order valence-corrected chi connectivity index (χ1v) is 6.91. The molecule has 1 aromatic carbocycles. The van der Waals surface area contributed by atoms with E-state index in [1.165, 1.54) is 11.8 Å². The molecular weight excluding hydrogens is 270 g/mol. The van der Waals surface area contributed by atoms with Crippen molar-refractivity contribution in [1.29, 1.82) is 5.26 Å². The predicted molar refractivity (Wildman–Crippen MR) is 76.6 cm³/mol. The van der Waals surface area contributed by atoms with E-state index in [-0.39, 0.29) is 0 Å². The molecule has 3 aromatic rings. The van der Waals surface area contributed by atoms with E-state index in [4.69, 9.17) is 4.42 Å². The third-order valence-corrected chi connectivity index (χ3v) is 3.72. The molecule has 5 heteroatoms. The van der Waals surface area contributed by atoms with Crippen molar-refractivity contribution in [3.8, 4) is 6.07 Å². The molecule has 0 N–H and O–H groups in total. The van der Waals surface area contributed by atoms with E-state index >= 15 is 0 Å². The van der Waals surface area contributed by atoms with Gasteiger partial charge in [-0.25, -0.2) is 9.97 Å². The summed E-state index contributed by atoms with van der Waals surface area (Å²) in [6.07, 6.45) is 0. The number of hydrogen-bond acceptors (Lipinski definition) is 5. The Kier molecular flexibility index (Phi) is 3.17. The number of nitriles is 1. The van der Waals surface area contributed by atoms with Crippen LogP contribution in [0.3, 0.4) is 0 Å². The molecule has 0 saturated carbocycles. The van der Waals surface area contributed by atoms with Gasteiger partial charge in [0.05, 0.1) is 5.56 Å². The molecule has 20 heavy (non-hydrogen) atoms. The van der Waals surface area contributed by atoms with Crippen molar-refractivity contribution in [1.82, 2.24) is 9.97 Å². The molecule has 3 rings (SSSR count). The van der Waals surface area contributed by atoms with Crippen LogP contribution in [0.25, 0.3) is 11.1 Å². The molecule has 0 atom stereocenters. The lowest BCUT2D eigenvalue weighted by molar-refractivity contribution is 0.489. The number of aryl methyl sites for hydroxylation is 2. The zero-order valence-corrected chi connectivity index (χ0v) is 11.9. The van der Waals surface area contributed by atoms with Crippen molar-refractivity contribution in [2.75, 3.05) is 0 Å². The topological polar surface area (TPSA) is 62.7 Å². The Morgan fingerprint density at radius 3 is 2.75 bits per heavy atom. The number of nitrogens with zero attached hydrogens (tertiary/aromatic N) is 3. The molecule has 0 aliphatic carbocycles. The van der Waals surface area contributed by atoms with Gasteiger partial charge in [-0.15, -0.1) is 0 Å². The second-order valence-electron chi connectivity index (χ2n) is 4.42. The van der Waals surface area contributed by atoms with Crippen molar-refractivity contribution in [3.63, 3.8) is 0 Å². The van der Waals surface area contributed by atoms with Crippen LogP contribution in [0, 0.1) is 25.2 Å². The Morgan fingerprint density at radius 1 is 1.20 bits per heavy atom. The number of oxazole rings is 1. The number of pyridine rings is 1. The summed E-state index contributed by atoms with van der Waals surface area (Å²) < 4.78 is 5.65. The predicted octanol–water partition coefficient (Wildman–Crippen LogP) is 3.86. The summed E-state index contributed by atoms with van der Waals surface area (Å²) in [6.45, 7) is 3.81. The van der Waals surface area contributed by atoms with Gasteiger partial charge in [0.25, 0.3) is 5.22 Å². The summed E-state index contributed by atoms with van der Waals surface area (Å²) >= 11 is 1.28. The Balaban J connectivity index is 2.05. The average Bonchev–Trinajstić information content (AvgIpc) is 2.80. The average molecular weight is 281 g/mol. The molecule has 0 unspecified atom stereocenters. The molecule has 0 aliphatic heterocycles. The van der Waals surface area contributed by atoms with Gasteiger partial charge in [0.2, 0.25) is 0 Å². The molecular formula is C15H11N3OS. The SMILES string of the molecule is Cc1cc(C)c(C#N)c(Sc2nc3ccccc3o2)n1. The number of para-hydroxylation sites is 2. The van der Waals surface area contributed by atoms with Gasteiger partial charge in [-0.1, -0.05) is 12.1 Å². The largest absolute Gasteiger partial charge is 0.431 e. The van der Waals surface area contributed by atoms with Crippen LogP contribution in [-0.4, -0.2) is 9.97 Å². The van der Waals surface area contributed by atoms with Gasteiger partial charge in [0.15, 0.2) is 5.58 Å². The summed E-state index contributed by atoms with van der Waals surface area (Å²) in [4.78, 5) is 8.80. The molecule has 98 valence electrons. The fourth-order valence-corrected chi connectivity index (χ4v) is 2.93. The quantitative estimate of drug-likeness (QED) is 0.713. The maximum Gasteiger partial charge on any atom is 0.263 e. The first-order chi connectivity index (χ1) is 9.67. The van der Waals surface area contributed by atoms with E-state index in [1.807, 2.05) is 44.2 Å². The Labute approximate surface area is 120 Å². The lowest BCUT2D eigenvalue weighted by Gasteiger charge is -2.04. The van der Waals surface area contributed by atoms with Crippen molar-refractivity contribution in [3.05, 3.63) is 47.2 Å². The molecule has 0 saturated heterocycles. The molecule has 2 heterocycles. The van der Waals surface area contributed by atoms with Gasteiger partial charge in [-0.2, -0.15) is 5.26 Å². The summed E-state index contributed by atoms with van der Waals surface area (Å²) in [7, 11) is 0. The van der Waals surface area contributed by atoms with Gasteiger partial charge in [-0.05, 0) is 49.4 Å². The van der Waals surface area contributed by atoms with Crippen molar-refractivity contribution in [2.24, 2.45) is 0 Å². The monoisotopic (exact) mass is 281 g/mol. The first kappa shape index (κ1) is 12.7. The van der Waals surface area contributed by atoms with Gasteiger partial charge in [-0.3, -0.25) is 0 Å². The number of benzene rings is 1. The second kappa shape index (κ2) is 4.99. The highest BCUT2D eigenvalue weighted by atomic mass is 32.2. The van der Waals surface area contributed by atoms with Crippen molar-refractivity contribution < 1.29 is 4.42 Å². The minimum Gasteiger partial charge on any atom is -0.431 e. The second-order valence-corrected chi connectivity index (χ2v) is 5.36. The Bertz CT molecular complexity index is 800. The van der Waals surface area contributed by atoms with Crippen LogP contribution >= 0.6 is 11.8 Å². The Hall–Kier alpha value is -2.32. The maximum atomic E-state index is 9.25. The van der Waals surface area contributed by atoms with Crippen LogP contribution in [0.4, 0.5) is 0 Å². The van der Waals surface area contributed by atoms with E-state index in [0.717, 1.165) is 22.4 Å². The molecule has 0 aliphatic rings. The fraction of sp³-hybridized carbons (Fsp3) is 0.133. The third-order valence-electron chi connectivity index (χ3n) is 2.88. The highest BCUT2D eigenvalue weighted by Crippen LogP contribution is 2.31. The van der Waals surface area contributed by atoms with Crippen LogP contribution in [0.2, 0.25) is 0 Å². The van der Waals surface area contributed by atoms with E-state index in [1.54, 1.807) is 0 Å². The molecule has 0 fully saturated rings. The lowest BCUT2D eigenvalue weighted by Crippen LogP contribution is -1.94.